The third-order valence-electron chi connectivity index (χ3n) is 4.07. The van der Waals surface area contributed by atoms with Gasteiger partial charge in [-0.05, 0) is 31.9 Å². The lowest BCUT2D eigenvalue weighted by atomic mass is 10.1. The maximum Gasteiger partial charge on any atom is 0.290 e. The Labute approximate surface area is 145 Å². The van der Waals surface area contributed by atoms with Crippen molar-refractivity contribution in [3.05, 3.63) is 47.3 Å². The summed E-state index contributed by atoms with van der Waals surface area (Å²) in [6.07, 6.45) is 7.38. The molecule has 0 saturated carbocycles. The van der Waals surface area contributed by atoms with Gasteiger partial charge in [0, 0.05) is 37.7 Å². The summed E-state index contributed by atoms with van der Waals surface area (Å²) in [6.45, 7) is 2.99. The Balaban J connectivity index is 1.58. The number of hydrogen-bond donors (Lipinski definition) is 2. The van der Waals surface area contributed by atoms with Crippen LogP contribution >= 0.6 is 0 Å². The van der Waals surface area contributed by atoms with Crippen LogP contribution < -0.4 is 20.5 Å². The van der Waals surface area contributed by atoms with Crippen LogP contribution in [0.2, 0.25) is 0 Å². The van der Waals surface area contributed by atoms with Crippen molar-refractivity contribution in [3.8, 4) is 5.75 Å². The van der Waals surface area contributed by atoms with E-state index in [9.17, 15) is 9.59 Å². The number of piperidine rings is 1. The molecule has 2 aromatic heterocycles. The molecule has 0 aliphatic carbocycles. The predicted octanol–water partition coefficient (Wildman–Crippen LogP) is 0.717. The molecule has 2 N–H and O–H groups in total. The molecule has 8 nitrogen and oxygen atoms in total. The lowest BCUT2D eigenvalue weighted by Gasteiger charge is -2.33. The molecule has 3 heterocycles. The van der Waals surface area contributed by atoms with Crippen molar-refractivity contribution in [2.75, 3.05) is 18.0 Å². The van der Waals surface area contributed by atoms with Gasteiger partial charge < -0.3 is 19.9 Å². The number of amides is 1. The number of pyridine rings is 1. The molecular weight excluding hydrogens is 322 g/mol. The second kappa shape index (κ2) is 7.78. The summed E-state index contributed by atoms with van der Waals surface area (Å²) in [4.78, 5) is 36.9. The van der Waals surface area contributed by atoms with Crippen LogP contribution in [0.15, 0.2) is 41.7 Å². The normalized spacial score (nSPS) is 18.4. The molecule has 1 fully saturated rings. The highest BCUT2D eigenvalue weighted by atomic mass is 16.5. The van der Waals surface area contributed by atoms with Gasteiger partial charge in [0.2, 0.25) is 0 Å². The number of hydrogen-bond acceptors (Lipinski definition) is 6. The van der Waals surface area contributed by atoms with Crippen molar-refractivity contribution in [1.29, 1.82) is 0 Å². The Morgan fingerprint density at radius 2 is 2.36 bits per heavy atom. The van der Waals surface area contributed by atoms with E-state index in [1.807, 2.05) is 4.90 Å². The molecule has 1 aliphatic heterocycles. The second-order valence-corrected chi connectivity index (χ2v) is 5.98. The van der Waals surface area contributed by atoms with Gasteiger partial charge >= 0.3 is 0 Å². The lowest BCUT2D eigenvalue weighted by molar-refractivity contribution is -0.128. The highest BCUT2D eigenvalue weighted by Crippen LogP contribution is 2.15. The largest absolute Gasteiger partial charge is 0.479 e. The third kappa shape index (κ3) is 4.34. The molecule has 0 bridgehead atoms. The fraction of sp³-hybridized carbons (Fsp3) is 0.412. The summed E-state index contributed by atoms with van der Waals surface area (Å²) >= 11 is 0. The first-order chi connectivity index (χ1) is 12.1. The van der Waals surface area contributed by atoms with Gasteiger partial charge in [-0.15, -0.1) is 0 Å². The lowest BCUT2D eigenvalue weighted by Crippen LogP contribution is -2.51. The van der Waals surface area contributed by atoms with Crippen molar-refractivity contribution >= 4 is 11.7 Å². The number of H-pyrrole nitrogens is 1. The molecule has 2 atom stereocenters. The number of aromatic amines is 1. The first kappa shape index (κ1) is 16.9. The van der Waals surface area contributed by atoms with Crippen LogP contribution in [0.4, 0.5) is 5.82 Å². The van der Waals surface area contributed by atoms with Crippen molar-refractivity contribution < 1.29 is 9.53 Å². The minimum Gasteiger partial charge on any atom is -0.479 e. The van der Waals surface area contributed by atoms with E-state index < -0.39 is 6.10 Å². The van der Waals surface area contributed by atoms with Crippen LogP contribution in [0, 0.1) is 0 Å². The highest BCUT2D eigenvalue weighted by molar-refractivity contribution is 5.81. The Hall–Kier alpha value is -2.90. The monoisotopic (exact) mass is 343 g/mol. The fourth-order valence-electron chi connectivity index (χ4n) is 2.85. The van der Waals surface area contributed by atoms with Gasteiger partial charge in [0.1, 0.15) is 5.75 Å². The predicted molar refractivity (Wildman–Crippen MR) is 92.6 cm³/mol. The van der Waals surface area contributed by atoms with Crippen molar-refractivity contribution in [2.45, 2.75) is 31.9 Å². The smallest absolute Gasteiger partial charge is 0.290 e. The molecule has 2 aromatic rings. The van der Waals surface area contributed by atoms with E-state index in [0.29, 0.717) is 18.1 Å². The molecule has 1 aliphatic rings. The Kier molecular flexibility index (Phi) is 5.27. The standard InChI is InChI=1S/C17H21N5O3/c1-12(25-14-5-2-6-18-10-14)16(23)21-13-4-3-9-22(11-13)15-17(24)20-8-7-19-15/h2,5-8,10,12-13H,3-4,9,11H2,1H3,(H,20,24)(H,21,23)/t12-,13+/m0/s1. The fourth-order valence-corrected chi connectivity index (χ4v) is 2.85. The number of nitrogens with zero attached hydrogens (tertiary/aromatic N) is 3. The summed E-state index contributed by atoms with van der Waals surface area (Å²) in [5, 5.41) is 2.99. The van der Waals surface area contributed by atoms with Crippen LogP contribution in [-0.4, -0.2) is 46.1 Å². The van der Waals surface area contributed by atoms with Crippen LogP contribution in [0.25, 0.3) is 0 Å². The van der Waals surface area contributed by atoms with E-state index in [0.717, 1.165) is 19.4 Å². The highest BCUT2D eigenvalue weighted by Gasteiger charge is 2.25. The molecule has 0 radical (unpaired) electrons. The van der Waals surface area contributed by atoms with Crippen LogP contribution in [-0.2, 0) is 4.79 Å². The number of anilines is 1. The van der Waals surface area contributed by atoms with Crippen LogP contribution in [0.5, 0.6) is 5.75 Å². The molecule has 1 saturated heterocycles. The molecule has 0 unspecified atom stereocenters. The van der Waals surface area contributed by atoms with Gasteiger partial charge in [-0.1, -0.05) is 0 Å². The van der Waals surface area contributed by atoms with E-state index in [4.69, 9.17) is 4.74 Å². The van der Waals surface area contributed by atoms with Gasteiger partial charge in [0.05, 0.1) is 6.20 Å². The Morgan fingerprint density at radius 1 is 1.48 bits per heavy atom. The van der Waals surface area contributed by atoms with Crippen LogP contribution in [0.3, 0.4) is 0 Å². The first-order valence-corrected chi connectivity index (χ1v) is 8.29. The Bertz CT molecular complexity index is 764. The topological polar surface area (TPSA) is 100 Å². The zero-order chi connectivity index (χ0) is 17.6. The SMILES string of the molecule is C[C@H](Oc1cccnc1)C(=O)N[C@@H]1CCCN(c2ncc[nH]c2=O)C1. The zero-order valence-electron chi connectivity index (χ0n) is 14.0. The molecular formula is C17H21N5O3. The third-order valence-corrected chi connectivity index (χ3v) is 4.07. The van der Waals surface area contributed by atoms with E-state index >= 15 is 0 Å². The van der Waals surface area contributed by atoms with Gasteiger partial charge in [-0.2, -0.15) is 0 Å². The molecule has 0 spiro atoms. The second-order valence-electron chi connectivity index (χ2n) is 5.98. The van der Waals surface area contributed by atoms with E-state index in [-0.39, 0.29) is 17.5 Å². The number of rotatable bonds is 5. The number of aromatic nitrogens is 3. The number of nitrogens with one attached hydrogen (secondary N) is 2. The first-order valence-electron chi connectivity index (χ1n) is 8.29. The van der Waals surface area contributed by atoms with E-state index in [2.05, 4.69) is 20.3 Å². The van der Waals surface area contributed by atoms with E-state index in [1.54, 1.807) is 37.6 Å². The minimum atomic E-state index is -0.627. The molecule has 3 rings (SSSR count). The van der Waals surface area contributed by atoms with Gasteiger partial charge in [0.15, 0.2) is 11.9 Å². The van der Waals surface area contributed by atoms with Gasteiger partial charge in [-0.25, -0.2) is 4.98 Å². The maximum absolute atomic E-state index is 12.4. The number of ether oxygens (including phenoxy) is 1. The number of carbonyl (C=O) groups is 1. The Morgan fingerprint density at radius 3 is 3.12 bits per heavy atom. The van der Waals surface area contributed by atoms with Gasteiger partial charge in [0.25, 0.3) is 11.5 Å². The zero-order valence-corrected chi connectivity index (χ0v) is 14.0. The average molecular weight is 343 g/mol. The van der Waals surface area contributed by atoms with Gasteiger partial charge in [-0.3, -0.25) is 14.6 Å². The molecule has 1 amide bonds. The van der Waals surface area contributed by atoms with Crippen molar-refractivity contribution in [2.24, 2.45) is 0 Å². The van der Waals surface area contributed by atoms with Crippen LogP contribution in [0.1, 0.15) is 19.8 Å². The summed E-state index contributed by atoms with van der Waals surface area (Å²) in [7, 11) is 0. The molecule has 25 heavy (non-hydrogen) atoms. The molecule has 8 heteroatoms. The maximum atomic E-state index is 12.4. The summed E-state index contributed by atoms with van der Waals surface area (Å²) in [5.41, 5.74) is -0.220. The molecule has 132 valence electrons. The summed E-state index contributed by atoms with van der Waals surface area (Å²) < 4.78 is 5.59. The van der Waals surface area contributed by atoms with E-state index in [1.165, 1.54) is 6.20 Å². The number of carbonyl (C=O) groups excluding carboxylic acids is 1. The average Bonchev–Trinajstić information content (AvgIpc) is 2.63. The molecule has 0 aromatic carbocycles. The van der Waals surface area contributed by atoms with Crippen molar-refractivity contribution in [1.82, 2.24) is 20.3 Å². The summed E-state index contributed by atoms with van der Waals surface area (Å²) in [5.74, 6) is 0.752. The van der Waals surface area contributed by atoms with Crippen molar-refractivity contribution in [3.63, 3.8) is 0 Å². The minimum absolute atomic E-state index is 0.0531. The summed E-state index contributed by atoms with van der Waals surface area (Å²) in [6, 6.07) is 3.46. The quantitative estimate of drug-likeness (QED) is 0.830.